The van der Waals surface area contributed by atoms with Crippen LogP contribution in [0.5, 0.6) is 0 Å². The van der Waals surface area contributed by atoms with Gasteiger partial charge in [0.15, 0.2) is 11.2 Å². The third kappa shape index (κ3) is 5.31. The minimum atomic E-state index is -0.485. The fourth-order valence-corrected chi connectivity index (χ4v) is 5.60. The molecule has 4 heterocycles. The number of amides is 2. The lowest BCUT2D eigenvalue weighted by molar-refractivity contribution is 0.159. The molecule has 1 aliphatic heterocycles. The number of benzene rings is 2. The van der Waals surface area contributed by atoms with Gasteiger partial charge in [0.2, 0.25) is 0 Å². The second-order valence-electron chi connectivity index (χ2n) is 10.5. The van der Waals surface area contributed by atoms with Gasteiger partial charge in [-0.2, -0.15) is 5.10 Å². The molecule has 1 saturated heterocycles. The number of anilines is 1. The SMILES string of the molecule is COCCN1C[C@@H](NC(=O)Nc2c(C)c(-c3cnc4c(c3)oc(=O)n4C)nn2-c2ccccc2)[C@H](c2ccccc2)C1. The number of para-hydroxylation sites is 1. The fraction of sp³-hybridized carbons (Fsp3) is 0.290. The molecule has 2 aromatic carbocycles. The minimum Gasteiger partial charge on any atom is -0.406 e. The normalized spacial score (nSPS) is 17.1. The Hall–Kier alpha value is -4.74. The first-order valence-corrected chi connectivity index (χ1v) is 13.9. The van der Waals surface area contributed by atoms with Gasteiger partial charge in [0.1, 0.15) is 5.82 Å². The fourth-order valence-electron chi connectivity index (χ4n) is 5.60. The first-order chi connectivity index (χ1) is 20.4. The molecule has 2 atom stereocenters. The molecule has 6 rings (SSSR count). The van der Waals surface area contributed by atoms with Crippen molar-refractivity contribution >= 4 is 23.1 Å². The highest BCUT2D eigenvalue weighted by Gasteiger charge is 2.35. The molecule has 0 saturated carbocycles. The lowest BCUT2D eigenvalue weighted by atomic mass is 9.94. The number of aryl methyl sites for hydroxylation is 1. The first-order valence-electron chi connectivity index (χ1n) is 13.9. The summed E-state index contributed by atoms with van der Waals surface area (Å²) in [7, 11) is 3.31. The molecule has 216 valence electrons. The molecule has 2 N–H and O–H groups in total. The lowest BCUT2D eigenvalue weighted by Gasteiger charge is -2.21. The summed E-state index contributed by atoms with van der Waals surface area (Å²) in [6.45, 7) is 4.87. The van der Waals surface area contributed by atoms with Crippen LogP contribution < -0.4 is 16.4 Å². The zero-order valence-corrected chi connectivity index (χ0v) is 23.8. The van der Waals surface area contributed by atoms with Crippen LogP contribution in [-0.4, -0.2) is 69.7 Å². The summed E-state index contributed by atoms with van der Waals surface area (Å²) in [6.07, 6.45) is 1.66. The maximum Gasteiger partial charge on any atom is 0.420 e. The Morgan fingerprint density at radius 2 is 1.83 bits per heavy atom. The van der Waals surface area contributed by atoms with Crippen LogP contribution >= 0.6 is 0 Å². The molecular weight excluding hydrogens is 534 g/mol. The number of urea groups is 1. The molecule has 0 aliphatic carbocycles. The number of methoxy groups -OCH3 is 1. The van der Waals surface area contributed by atoms with E-state index in [-0.39, 0.29) is 18.0 Å². The zero-order valence-electron chi connectivity index (χ0n) is 23.8. The molecule has 1 fully saturated rings. The summed E-state index contributed by atoms with van der Waals surface area (Å²) in [5, 5.41) is 11.2. The second-order valence-corrected chi connectivity index (χ2v) is 10.5. The number of fused-ring (bicyclic) bond motifs is 1. The Morgan fingerprint density at radius 1 is 1.10 bits per heavy atom. The van der Waals surface area contributed by atoms with Gasteiger partial charge in [0.05, 0.1) is 24.0 Å². The van der Waals surface area contributed by atoms with E-state index < -0.39 is 5.76 Å². The van der Waals surface area contributed by atoms with E-state index in [9.17, 15) is 9.59 Å². The average Bonchev–Trinajstić information content (AvgIpc) is 3.65. The Labute approximate surface area is 242 Å². The van der Waals surface area contributed by atoms with Gasteiger partial charge in [-0.05, 0) is 30.7 Å². The van der Waals surface area contributed by atoms with Crippen molar-refractivity contribution in [1.82, 2.24) is 29.5 Å². The van der Waals surface area contributed by atoms with Gasteiger partial charge in [0, 0.05) is 57.0 Å². The van der Waals surface area contributed by atoms with Crippen LogP contribution in [0.15, 0.2) is 82.1 Å². The molecule has 1 aliphatic rings. The van der Waals surface area contributed by atoms with E-state index in [2.05, 4.69) is 32.7 Å². The van der Waals surface area contributed by atoms with E-state index in [4.69, 9.17) is 14.3 Å². The number of hydrogen-bond acceptors (Lipinski definition) is 7. The highest BCUT2D eigenvalue weighted by atomic mass is 16.5. The highest BCUT2D eigenvalue weighted by molar-refractivity contribution is 5.91. The van der Waals surface area contributed by atoms with E-state index >= 15 is 0 Å². The molecule has 0 unspecified atom stereocenters. The zero-order chi connectivity index (χ0) is 29.2. The van der Waals surface area contributed by atoms with Crippen molar-refractivity contribution in [3.8, 4) is 16.9 Å². The maximum atomic E-state index is 13.6. The predicted octanol–water partition coefficient (Wildman–Crippen LogP) is 3.92. The summed E-state index contributed by atoms with van der Waals surface area (Å²) in [6, 6.07) is 21.2. The number of pyridine rings is 1. The van der Waals surface area contributed by atoms with Crippen LogP contribution in [-0.2, 0) is 11.8 Å². The van der Waals surface area contributed by atoms with Gasteiger partial charge in [-0.3, -0.25) is 14.8 Å². The molecule has 11 heteroatoms. The maximum absolute atomic E-state index is 13.6. The third-order valence-corrected chi connectivity index (χ3v) is 7.80. The molecule has 5 aromatic rings. The number of likely N-dealkylation sites (tertiary alicyclic amines) is 1. The van der Waals surface area contributed by atoms with Crippen LogP contribution in [0.1, 0.15) is 17.0 Å². The van der Waals surface area contributed by atoms with E-state index in [1.54, 1.807) is 31.1 Å². The van der Waals surface area contributed by atoms with Crippen molar-refractivity contribution in [2.75, 3.05) is 38.7 Å². The molecule has 0 spiro atoms. The van der Waals surface area contributed by atoms with Gasteiger partial charge in [0.25, 0.3) is 0 Å². The largest absolute Gasteiger partial charge is 0.420 e. The number of nitrogens with one attached hydrogen (secondary N) is 2. The number of carbonyl (C=O) groups is 1. The van der Waals surface area contributed by atoms with Gasteiger partial charge in [-0.15, -0.1) is 0 Å². The topological polar surface area (TPSA) is 119 Å². The number of aromatic nitrogens is 4. The Balaban J connectivity index is 1.31. The molecular formula is C31H33N7O4. The number of carbonyl (C=O) groups excluding carboxylic acids is 1. The first kappa shape index (κ1) is 27.4. The summed E-state index contributed by atoms with van der Waals surface area (Å²) in [5.41, 5.74) is 4.83. The standard InChI is InChI=1S/C31H33N7O4/c1-20-27(22-16-26-29(32-17-22)36(2)31(40)42-26)35-38(23-12-8-5-9-13-23)28(20)34-30(39)33-25-19-37(14-15-41-3)18-24(25)21-10-6-4-7-11-21/h4-13,16-17,24-25H,14-15,18-19H2,1-3H3,(H2,33,34,39)/t24-,25+/m0/s1. The van der Waals surface area contributed by atoms with E-state index in [0.29, 0.717) is 41.5 Å². The van der Waals surface area contributed by atoms with Crippen LogP contribution in [0.25, 0.3) is 28.2 Å². The number of ether oxygens (including phenoxy) is 1. The highest BCUT2D eigenvalue weighted by Crippen LogP contribution is 2.32. The molecule has 2 amide bonds. The number of rotatable bonds is 8. The third-order valence-electron chi connectivity index (χ3n) is 7.80. The van der Waals surface area contributed by atoms with Crippen LogP contribution in [0.3, 0.4) is 0 Å². The van der Waals surface area contributed by atoms with E-state index in [1.807, 2.05) is 55.5 Å². The van der Waals surface area contributed by atoms with Gasteiger partial charge in [-0.25, -0.2) is 19.3 Å². The van der Waals surface area contributed by atoms with Crippen molar-refractivity contribution in [3.63, 3.8) is 0 Å². The molecule has 0 radical (unpaired) electrons. The predicted molar refractivity (Wildman–Crippen MR) is 160 cm³/mol. The Morgan fingerprint density at radius 3 is 2.57 bits per heavy atom. The van der Waals surface area contributed by atoms with Crippen LogP contribution in [0, 0.1) is 6.92 Å². The van der Waals surface area contributed by atoms with Crippen molar-refractivity contribution in [1.29, 1.82) is 0 Å². The quantitative estimate of drug-likeness (QED) is 0.292. The minimum absolute atomic E-state index is 0.0929. The molecule has 42 heavy (non-hydrogen) atoms. The number of nitrogens with zero attached hydrogens (tertiary/aromatic N) is 5. The van der Waals surface area contributed by atoms with Gasteiger partial charge < -0.3 is 14.5 Å². The molecule has 11 nitrogen and oxygen atoms in total. The summed E-state index contributed by atoms with van der Waals surface area (Å²) >= 11 is 0. The second kappa shape index (κ2) is 11.6. The van der Waals surface area contributed by atoms with Gasteiger partial charge >= 0.3 is 11.8 Å². The van der Waals surface area contributed by atoms with Crippen LogP contribution in [0.2, 0.25) is 0 Å². The summed E-state index contributed by atoms with van der Waals surface area (Å²) in [5.74, 6) is 0.193. The van der Waals surface area contributed by atoms with E-state index in [0.717, 1.165) is 24.3 Å². The number of hydrogen-bond donors (Lipinski definition) is 2. The molecule has 0 bridgehead atoms. The number of oxazole rings is 1. The molecule has 3 aromatic heterocycles. The summed E-state index contributed by atoms with van der Waals surface area (Å²) < 4.78 is 13.7. The smallest absolute Gasteiger partial charge is 0.406 e. The Bertz CT molecular complexity index is 1760. The monoisotopic (exact) mass is 567 g/mol. The van der Waals surface area contributed by atoms with Gasteiger partial charge in [-0.1, -0.05) is 48.5 Å². The Kier molecular flexibility index (Phi) is 7.60. The van der Waals surface area contributed by atoms with Crippen molar-refractivity contribution in [2.24, 2.45) is 7.05 Å². The average molecular weight is 568 g/mol. The van der Waals surface area contributed by atoms with E-state index in [1.165, 1.54) is 10.1 Å². The summed E-state index contributed by atoms with van der Waals surface area (Å²) in [4.78, 5) is 32.4. The van der Waals surface area contributed by atoms with Crippen molar-refractivity contribution in [2.45, 2.75) is 18.9 Å². The van der Waals surface area contributed by atoms with Crippen molar-refractivity contribution < 1.29 is 13.9 Å². The lowest BCUT2D eigenvalue weighted by Crippen LogP contribution is -2.42. The van der Waals surface area contributed by atoms with Crippen molar-refractivity contribution in [3.05, 3.63) is 94.6 Å². The van der Waals surface area contributed by atoms with Crippen LogP contribution in [0.4, 0.5) is 10.6 Å².